The van der Waals surface area contributed by atoms with Crippen LogP contribution in [0.5, 0.6) is 5.75 Å². The lowest BCUT2D eigenvalue weighted by Gasteiger charge is -2.09. The van der Waals surface area contributed by atoms with Crippen molar-refractivity contribution in [2.24, 2.45) is 0 Å². The van der Waals surface area contributed by atoms with Crippen molar-refractivity contribution in [1.29, 1.82) is 0 Å². The SMILES string of the molecule is CCCCC#C[C@H](C)Sc1ccccc1OC(C)=O. The topological polar surface area (TPSA) is 26.3 Å². The van der Waals surface area contributed by atoms with Crippen molar-refractivity contribution < 1.29 is 9.53 Å². The second-order valence-corrected chi connectivity index (χ2v) is 5.61. The van der Waals surface area contributed by atoms with Crippen LogP contribution in [0, 0.1) is 11.8 Å². The van der Waals surface area contributed by atoms with Gasteiger partial charge in [-0.2, -0.15) is 0 Å². The first-order chi connectivity index (χ1) is 9.13. The number of benzene rings is 1. The summed E-state index contributed by atoms with van der Waals surface area (Å²) in [6.07, 6.45) is 3.27. The van der Waals surface area contributed by atoms with Crippen molar-refractivity contribution in [2.75, 3.05) is 0 Å². The van der Waals surface area contributed by atoms with E-state index in [2.05, 4.69) is 25.7 Å². The third-order valence-corrected chi connectivity index (χ3v) is 3.43. The second-order valence-electron chi connectivity index (χ2n) is 4.23. The quantitative estimate of drug-likeness (QED) is 0.264. The van der Waals surface area contributed by atoms with Gasteiger partial charge in [-0.05, 0) is 25.5 Å². The molecular formula is C16H20O2S. The van der Waals surface area contributed by atoms with Crippen molar-refractivity contribution in [1.82, 2.24) is 0 Å². The Morgan fingerprint density at radius 3 is 2.84 bits per heavy atom. The summed E-state index contributed by atoms with van der Waals surface area (Å²) in [5.74, 6) is 6.72. The molecule has 0 spiro atoms. The smallest absolute Gasteiger partial charge is 0.308 e. The van der Waals surface area contributed by atoms with E-state index in [1.807, 2.05) is 18.2 Å². The van der Waals surface area contributed by atoms with E-state index < -0.39 is 0 Å². The number of hydrogen-bond acceptors (Lipinski definition) is 3. The molecule has 1 aromatic carbocycles. The molecule has 19 heavy (non-hydrogen) atoms. The minimum Gasteiger partial charge on any atom is -0.426 e. The maximum absolute atomic E-state index is 11.0. The van der Waals surface area contributed by atoms with Gasteiger partial charge in [-0.1, -0.05) is 31.4 Å². The highest BCUT2D eigenvalue weighted by molar-refractivity contribution is 8.00. The maximum atomic E-state index is 11.0. The van der Waals surface area contributed by atoms with Crippen molar-refractivity contribution >= 4 is 17.7 Å². The van der Waals surface area contributed by atoms with Gasteiger partial charge in [0.1, 0.15) is 5.75 Å². The molecule has 0 aliphatic rings. The maximum Gasteiger partial charge on any atom is 0.308 e. The summed E-state index contributed by atoms with van der Waals surface area (Å²) in [4.78, 5) is 12.0. The molecule has 0 aromatic heterocycles. The van der Waals surface area contributed by atoms with Gasteiger partial charge in [-0.25, -0.2) is 0 Å². The molecule has 0 aliphatic heterocycles. The molecular weight excluding hydrogens is 256 g/mol. The molecule has 0 amide bonds. The van der Waals surface area contributed by atoms with E-state index >= 15 is 0 Å². The fourth-order valence-corrected chi connectivity index (χ4v) is 2.39. The van der Waals surface area contributed by atoms with Crippen LogP contribution in [-0.4, -0.2) is 11.2 Å². The van der Waals surface area contributed by atoms with Crippen LogP contribution in [0.2, 0.25) is 0 Å². The highest BCUT2D eigenvalue weighted by Crippen LogP contribution is 2.31. The van der Waals surface area contributed by atoms with E-state index in [4.69, 9.17) is 4.74 Å². The Morgan fingerprint density at radius 2 is 2.16 bits per heavy atom. The summed E-state index contributed by atoms with van der Waals surface area (Å²) in [7, 11) is 0. The molecule has 0 saturated heterocycles. The fraction of sp³-hybridized carbons (Fsp3) is 0.438. The molecule has 1 atom stereocenters. The normalized spacial score (nSPS) is 11.3. The van der Waals surface area contributed by atoms with E-state index in [1.54, 1.807) is 17.8 Å². The first-order valence-electron chi connectivity index (χ1n) is 6.56. The number of hydrogen-bond donors (Lipinski definition) is 0. The number of carbonyl (C=O) groups is 1. The molecule has 102 valence electrons. The van der Waals surface area contributed by atoms with E-state index in [-0.39, 0.29) is 11.2 Å². The van der Waals surface area contributed by atoms with Gasteiger partial charge in [0.05, 0.1) is 10.1 Å². The first-order valence-corrected chi connectivity index (χ1v) is 7.44. The van der Waals surface area contributed by atoms with Crippen LogP contribution in [0.25, 0.3) is 0 Å². The number of thioether (sulfide) groups is 1. The standard InChI is InChI=1S/C16H20O2S/c1-4-5-6-7-10-13(2)19-16-12-9-8-11-15(16)18-14(3)17/h8-9,11-13H,4-6H2,1-3H3/t13-/m0/s1. The highest BCUT2D eigenvalue weighted by Gasteiger charge is 2.08. The summed E-state index contributed by atoms with van der Waals surface area (Å²) >= 11 is 1.62. The average Bonchev–Trinajstić information content (AvgIpc) is 2.36. The lowest BCUT2D eigenvalue weighted by atomic mass is 10.2. The molecule has 0 aliphatic carbocycles. The highest BCUT2D eigenvalue weighted by atomic mass is 32.2. The monoisotopic (exact) mass is 276 g/mol. The Balaban J connectivity index is 2.64. The van der Waals surface area contributed by atoms with Crippen LogP contribution in [-0.2, 0) is 4.79 Å². The molecule has 0 saturated carbocycles. The number of para-hydroxylation sites is 1. The number of unbranched alkanes of at least 4 members (excludes halogenated alkanes) is 2. The van der Waals surface area contributed by atoms with Crippen molar-refractivity contribution in [3.05, 3.63) is 24.3 Å². The molecule has 0 heterocycles. The molecule has 2 nitrogen and oxygen atoms in total. The van der Waals surface area contributed by atoms with Crippen molar-refractivity contribution in [3.63, 3.8) is 0 Å². The fourth-order valence-electron chi connectivity index (χ4n) is 1.49. The zero-order valence-corrected chi connectivity index (χ0v) is 12.5. The number of esters is 1. The number of carbonyl (C=O) groups excluding carboxylic acids is 1. The Hall–Kier alpha value is -1.40. The molecule has 0 bridgehead atoms. The average molecular weight is 276 g/mol. The number of rotatable bonds is 5. The lowest BCUT2D eigenvalue weighted by Crippen LogP contribution is -2.03. The molecule has 1 aromatic rings. The van der Waals surface area contributed by atoms with Gasteiger partial charge in [-0.15, -0.1) is 17.7 Å². The minimum absolute atomic E-state index is 0.188. The van der Waals surface area contributed by atoms with Crippen LogP contribution in [0.3, 0.4) is 0 Å². The van der Waals surface area contributed by atoms with Gasteiger partial charge in [-0.3, -0.25) is 4.79 Å². The Labute approximate surface area is 119 Å². The van der Waals surface area contributed by atoms with Crippen LogP contribution in [0.4, 0.5) is 0 Å². The zero-order valence-electron chi connectivity index (χ0n) is 11.7. The molecule has 0 fully saturated rings. The van der Waals surface area contributed by atoms with Crippen LogP contribution < -0.4 is 4.74 Å². The molecule has 0 radical (unpaired) electrons. The van der Waals surface area contributed by atoms with Crippen molar-refractivity contribution in [2.45, 2.75) is 50.2 Å². The second kappa shape index (κ2) is 8.66. The summed E-state index contributed by atoms with van der Waals surface area (Å²) in [5.41, 5.74) is 0. The van der Waals surface area contributed by atoms with Gasteiger partial charge in [0.15, 0.2) is 0 Å². The predicted octanol–water partition coefficient (Wildman–Crippen LogP) is 4.29. The first kappa shape index (κ1) is 15.7. The van der Waals surface area contributed by atoms with Gasteiger partial charge >= 0.3 is 5.97 Å². The summed E-state index contributed by atoms with van der Waals surface area (Å²) in [6.45, 7) is 5.64. The van der Waals surface area contributed by atoms with Crippen molar-refractivity contribution in [3.8, 4) is 17.6 Å². The van der Waals surface area contributed by atoms with Crippen LogP contribution >= 0.6 is 11.8 Å². The summed E-state index contributed by atoms with van der Waals surface area (Å²) in [5, 5.41) is 0.188. The molecule has 0 unspecified atom stereocenters. The van der Waals surface area contributed by atoms with Gasteiger partial charge in [0, 0.05) is 13.3 Å². The van der Waals surface area contributed by atoms with E-state index in [9.17, 15) is 4.79 Å². The third kappa shape index (κ3) is 6.35. The molecule has 3 heteroatoms. The largest absolute Gasteiger partial charge is 0.426 e. The lowest BCUT2D eigenvalue weighted by molar-refractivity contribution is -0.132. The Kier molecular flexibility index (Phi) is 7.14. The minimum atomic E-state index is -0.297. The third-order valence-electron chi connectivity index (χ3n) is 2.37. The van der Waals surface area contributed by atoms with E-state index in [0.29, 0.717) is 5.75 Å². The van der Waals surface area contributed by atoms with Gasteiger partial charge < -0.3 is 4.74 Å². The molecule has 0 N–H and O–H groups in total. The van der Waals surface area contributed by atoms with Gasteiger partial charge in [0.25, 0.3) is 0 Å². The van der Waals surface area contributed by atoms with E-state index in [0.717, 1.165) is 17.7 Å². The Morgan fingerprint density at radius 1 is 1.42 bits per heavy atom. The summed E-state index contributed by atoms with van der Waals surface area (Å²) < 4.78 is 5.18. The predicted molar refractivity (Wildman–Crippen MR) is 80.4 cm³/mol. The molecule has 1 rings (SSSR count). The van der Waals surface area contributed by atoms with Gasteiger partial charge in [0.2, 0.25) is 0 Å². The summed E-state index contributed by atoms with van der Waals surface area (Å²) in [6, 6.07) is 7.56. The van der Waals surface area contributed by atoms with E-state index in [1.165, 1.54) is 13.3 Å². The number of ether oxygens (including phenoxy) is 1. The van der Waals surface area contributed by atoms with Crippen LogP contribution in [0.15, 0.2) is 29.2 Å². The zero-order chi connectivity index (χ0) is 14.1. The van der Waals surface area contributed by atoms with Crippen LogP contribution in [0.1, 0.15) is 40.0 Å². The Bertz CT molecular complexity index is 471.